The number of aliphatic hydroxyl groups is 2. The van der Waals surface area contributed by atoms with Crippen LogP contribution in [0, 0.1) is 34.9 Å². The van der Waals surface area contributed by atoms with Gasteiger partial charge in [0.2, 0.25) is 12.6 Å². The van der Waals surface area contributed by atoms with Crippen molar-refractivity contribution in [3.8, 4) is 29.1 Å². The Morgan fingerprint density at radius 1 is 0.871 bits per heavy atom. The first kappa shape index (κ1) is 48.1. The number of allylic oxidation sites excluding steroid dienone is 1. The van der Waals surface area contributed by atoms with Crippen LogP contribution in [0.4, 0.5) is 4.39 Å². The van der Waals surface area contributed by atoms with Gasteiger partial charge < -0.3 is 43.6 Å². The molecule has 70 heavy (non-hydrogen) atoms. The third-order valence-electron chi connectivity index (χ3n) is 13.9. The average Bonchev–Trinajstić information content (AvgIpc) is 3.87. The number of halogens is 1. The molecular formula is C57H58FN3O9. The topological polar surface area (TPSA) is 152 Å². The minimum Gasteiger partial charge on any atom is -0.489 e. The van der Waals surface area contributed by atoms with E-state index in [0.717, 1.165) is 47.9 Å². The lowest BCUT2D eigenvalue weighted by atomic mass is 9.55. The highest BCUT2D eigenvalue weighted by molar-refractivity contribution is 6.03. The van der Waals surface area contributed by atoms with Gasteiger partial charge in [0.1, 0.15) is 36.6 Å². The highest BCUT2D eigenvalue weighted by Gasteiger charge is 2.65. The largest absolute Gasteiger partial charge is 0.489 e. The van der Waals surface area contributed by atoms with Crippen molar-refractivity contribution in [2.75, 3.05) is 26.6 Å². The van der Waals surface area contributed by atoms with Crippen LogP contribution in [0.2, 0.25) is 0 Å². The molecule has 5 aromatic carbocycles. The van der Waals surface area contributed by atoms with E-state index in [1.165, 1.54) is 6.07 Å². The van der Waals surface area contributed by atoms with Gasteiger partial charge in [0.25, 0.3) is 5.91 Å². The molecule has 2 aliphatic carbocycles. The van der Waals surface area contributed by atoms with Gasteiger partial charge in [0.15, 0.2) is 11.5 Å². The lowest BCUT2D eigenvalue weighted by Gasteiger charge is -2.60. The summed E-state index contributed by atoms with van der Waals surface area (Å²) in [5.41, 5.74) is 5.27. The van der Waals surface area contributed by atoms with Crippen LogP contribution in [0.5, 0.6) is 23.0 Å². The van der Waals surface area contributed by atoms with E-state index in [4.69, 9.17) is 33.7 Å². The first-order valence-corrected chi connectivity index (χ1v) is 24.1. The van der Waals surface area contributed by atoms with Crippen molar-refractivity contribution < 1.29 is 47.9 Å². The van der Waals surface area contributed by atoms with Crippen LogP contribution in [0.15, 0.2) is 145 Å². The Morgan fingerprint density at radius 3 is 2.40 bits per heavy atom. The molecule has 0 bridgehead atoms. The minimum atomic E-state index is -1.56. The van der Waals surface area contributed by atoms with Crippen LogP contribution in [-0.2, 0) is 29.3 Å². The molecule has 0 spiro atoms. The molecule has 13 heteroatoms. The number of benzene rings is 5. The second-order valence-corrected chi connectivity index (χ2v) is 18.2. The van der Waals surface area contributed by atoms with Crippen molar-refractivity contribution in [3.05, 3.63) is 179 Å². The average molecular weight is 948 g/mol. The summed E-state index contributed by atoms with van der Waals surface area (Å²) in [5.74, 6) is -0.986. The standard InChI is InChI=1S/C57H58FN3O9/c1-2-28-68-57-53(61(56(64)41-21-18-38(33-59)19-22-41)34-40-20-24-51-52(29-40)67-37-66-51)32-49(60-69-35-39-12-4-3-5-13-39)46-30-42(14-8-10-26-62)45(16-9-11-27-63)54(55(46)57)47-31-44(23-25-50(47)70-57)65-36-43-15-6-7-17-48(43)58/h2-7,12-13,15,17-25,29-31,42,45,53-55,62-63H,1,8-11,14,16,26-28,32,34-37H2/t42-,45+,53-,54+,55+,57+/m0/s1. The van der Waals surface area contributed by atoms with Gasteiger partial charge >= 0.3 is 0 Å². The van der Waals surface area contributed by atoms with Crippen molar-refractivity contribution in [2.45, 2.75) is 82.5 Å². The van der Waals surface area contributed by atoms with Crippen molar-refractivity contribution in [1.29, 1.82) is 5.26 Å². The molecule has 9 rings (SSSR count). The molecule has 5 aromatic rings. The molecule has 0 radical (unpaired) electrons. The third-order valence-corrected chi connectivity index (χ3v) is 13.9. The monoisotopic (exact) mass is 947 g/mol. The van der Waals surface area contributed by atoms with Crippen LogP contribution in [0.1, 0.15) is 89.0 Å². The van der Waals surface area contributed by atoms with E-state index in [0.29, 0.717) is 58.2 Å². The van der Waals surface area contributed by atoms with Gasteiger partial charge in [-0.25, -0.2) is 4.39 Å². The Kier molecular flexibility index (Phi) is 15.2. The summed E-state index contributed by atoms with van der Waals surface area (Å²) in [7, 11) is 0. The SMILES string of the molecule is C=CCO[C@@]12Oc3ccc(OCc4ccccc4F)cc3[C@H]3[C@H](CCCCO)[C@@H](CCCCO)C=C(C(=NOCc4ccccc4)C[C@@H]1N(Cc1ccc4c(c1)OCO4)C(=O)c1ccc(C#N)cc1)[C@H]32. The van der Waals surface area contributed by atoms with E-state index in [9.17, 15) is 19.9 Å². The van der Waals surface area contributed by atoms with Gasteiger partial charge in [-0.2, -0.15) is 5.26 Å². The molecule has 4 aliphatic rings. The molecule has 12 nitrogen and oxygen atoms in total. The summed E-state index contributed by atoms with van der Waals surface area (Å²) in [4.78, 5) is 23.6. The third kappa shape index (κ3) is 10.2. The molecule has 0 unspecified atom stereocenters. The fourth-order valence-corrected chi connectivity index (χ4v) is 10.7. The van der Waals surface area contributed by atoms with Gasteiger partial charge in [0.05, 0.1) is 29.9 Å². The van der Waals surface area contributed by atoms with Crippen LogP contribution in [0.3, 0.4) is 0 Å². The zero-order valence-electron chi connectivity index (χ0n) is 39.1. The highest BCUT2D eigenvalue weighted by atomic mass is 19.1. The van der Waals surface area contributed by atoms with E-state index in [-0.39, 0.29) is 82.3 Å². The number of carbonyl (C=O) groups excluding carboxylic acids is 1. The maximum atomic E-state index is 15.5. The molecule has 6 atom stereocenters. The molecule has 2 aliphatic heterocycles. The van der Waals surface area contributed by atoms with E-state index in [1.807, 2.05) is 66.7 Å². The number of fused-ring (bicyclic) bond motifs is 3. The lowest BCUT2D eigenvalue weighted by Crippen LogP contribution is -2.70. The Labute approximate surface area is 408 Å². The summed E-state index contributed by atoms with van der Waals surface area (Å²) >= 11 is 0. The van der Waals surface area contributed by atoms with Gasteiger partial charge in [0, 0.05) is 48.8 Å². The summed E-state index contributed by atoms with van der Waals surface area (Å²) < 4.78 is 47.5. The predicted octanol–water partition coefficient (Wildman–Crippen LogP) is 10.2. The van der Waals surface area contributed by atoms with Crippen LogP contribution < -0.4 is 18.9 Å². The van der Waals surface area contributed by atoms with Crippen molar-refractivity contribution >= 4 is 11.6 Å². The van der Waals surface area contributed by atoms with Crippen molar-refractivity contribution in [1.82, 2.24) is 4.90 Å². The van der Waals surface area contributed by atoms with Gasteiger partial charge in [-0.15, -0.1) is 6.58 Å². The van der Waals surface area contributed by atoms with Gasteiger partial charge in [-0.1, -0.05) is 84.7 Å². The fourth-order valence-electron chi connectivity index (χ4n) is 10.7. The van der Waals surface area contributed by atoms with E-state index in [1.54, 1.807) is 53.4 Å². The molecule has 0 saturated heterocycles. The highest BCUT2D eigenvalue weighted by Crippen LogP contribution is 2.62. The van der Waals surface area contributed by atoms with E-state index < -0.39 is 17.7 Å². The molecular weight excluding hydrogens is 890 g/mol. The lowest BCUT2D eigenvalue weighted by molar-refractivity contribution is -0.255. The van der Waals surface area contributed by atoms with E-state index >= 15 is 4.79 Å². The summed E-state index contributed by atoms with van der Waals surface area (Å²) in [6, 6.07) is 35.5. The maximum Gasteiger partial charge on any atom is 0.254 e. The van der Waals surface area contributed by atoms with Crippen molar-refractivity contribution in [3.63, 3.8) is 0 Å². The molecule has 362 valence electrons. The Bertz CT molecular complexity index is 2740. The smallest absolute Gasteiger partial charge is 0.254 e. The zero-order valence-corrected chi connectivity index (χ0v) is 39.1. The molecule has 2 N–H and O–H groups in total. The second-order valence-electron chi connectivity index (χ2n) is 18.2. The number of aliphatic hydroxyl groups excluding tert-OH is 2. The number of hydrogen-bond acceptors (Lipinski definition) is 11. The first-order valence-electron chi connectivity index (χ1n) is 24.1. The van der Waals surface area contributed by atoms with Crippen LogP contribution in [0.25, 0.3) is 0 Å². The predicted molar refractivity (Wildman–Crippen MR) is 261 cm³/mol. The van der Waals surface area contributed by atoms with Crippen LogP contribution in [-0.4, -0.2) is 65.2 Å². The van der Waals surface area contributed by atoms with E-state index in [2.05, 4.69) is 18.7 Å². The first-order chi connectivity index (χ1) is 34.3. The minimum absolute atomic E-state index is 0.00553. The van der Waals surface area contributed by atoms with Gasteiger partial charge in [-0.05, 0) is 115 Å². The number of rotatable bonds is 21. The summed E-state index contributed by atoms with van der Waals surface area (Å²) in [5, 5.41) is 34.8. The van der Waals surface area contributed by atoms with Crippen LogP contribution >= 0.6 is 0 Å². The Balaban J connectivity index is 1.25. The number of amides is 1. The fraction of sp³-hybridized carbons (Fsp3) is 0.351. The molecule has 1 fully saturated rings. The number of ether oxygens (including phenoxy) is 5. The number of nitriles is 1. The Morgan fingerprint density at radius 2 is 1.63 bits per heavy atom. The van der Waals surface area contributed by atoms with Crippen molar-refractivity contribution in [2.24, 2.45) is 22.9 Å². The maximum absolute atomic E-state index is 15.5. The zero-order chi connectivity index (χ0) is 48.5. The summed E-state index contributed by atoms with van der Waals surface area (Å²) in [6.07, 6.45) is 8.39. The number of unbranched alkanes of at least 4 members (excludes halogenated alkanes) is 2. The number of carbonyl (C=O) groups is 1. The molecule has 0 aromatic heterocycles. The van der Waals surface area contributed by atoms with Gasteiger partial charge in [-0.3, -0.25) is 4.79 Å². The normalized spacial score (nSPS) is 22.2. The summed E-state index contributed by atoms with van der Waals surface area (Å²) in [6.45, 7) is 4.63. The Hall–Kier alpha value is -6.98. The number of oxime groups is 1. The quantitative estimate of drug-likeness (QED) is 0.0413. The molecule has 2 heterocycles. The second kappa shape index (κ2) is 22.2. The number of nitrogens with zero attached hydrogens (tertiary/aromatic N) is 3. The number of hydrogen-bond donors (Lipinski definition) is 2. The molecule has 1 saturated carbocycles. The molecule has 1 amide bonds.